The lowest BCUT2D eigenvalue weighted by Crippen LogP contribution is -2.23. The van der Waals surface area contributed by atoms with Crippen LogP contribution in [0.3, 0.4) is 0 Å². The smallest absolute Gasteiger partial charge is 0.186 e. The third kappa shape index (κ3) is 2.87. The van der Waals surface area contributed by atoms with E-state index < -0.39 is 0 Å². The minimum absolute atomic E-state index is 0.368. The summed E-state index contributed by atoms with van der Waals surface area (Å²) in [5.74, 6) is 0.929. The molecule has 2 aromatic rings. The van der Waals surface area contributed by atoms with Crippen LogP contribution in [0.4, 0.5) is 5.13 Å². The standard InChI is InChI=1S/C15H21ClN4OS/c1-9-13(10(2)21-18-9)11-6-5-7-20(11)8-12-14(16)17-15(22-12)19(3)4/h11H,5-8H2,1-4H3/t11-/m0/s1. The number of hydrogen-bond donors (Lipinski definition) is 0. The highest BCUT2D eigenvalue weighted by Gasteiger charge is 2.31. The fraction of sp³-hybridized carbons (Fsp3) is 0.600. The van der Waals surface area contributed by atoms with E-state index in [1.54, 1.807) is 11.3 Å². The van der Waals surface area contributed by atoms with E-state index in [1.165, 1.54) is 12.0 Å². The second kappa shape index (κ2) is 6.18. The van der Waals surface area contributed by atoms with Gasteiger partial charge in [0.15, 0.2) is 5.13 Å². The van der Waals surface area contributed by atoms with Gasteiger partial charge in [0, 0.05) is 32.2 Å². The van der Waals surface area contributed by atoms with E-state index in [0.29, 0.717) is 11.2 Å². The number of halogens is 1. The third-order valence-corrected chi connectivity index (χ3v) is 5.79. The van der Waals surface area contributed by atoms with Crippen LogP contribution >= 0.6 is 22.9 Å². The minimum atomic E-state index is 0.368. The van der Waals surface area contributed by atoms with E-state index >= 15 is 0 Å². The highest BCUT2D eigenvalue weighted by Crippen LogP contribution is 2.38. The van der Waals surface area contributed by atoms with E-state index in [0.717, 1.165) is 41.0 Å². The summed E-state index contributed by atoms with van der Waals surface area (Å²) in [6.07, 6.45) is 2.32. The number of likely N-dealkylation sites (tertiary alicyclic amines) is 1. The Morgan fingerprint density at radius 3 is 2.77 bits per heavy atom. The van der Waals surface area contributed by atoms with Gasteiger partial charge in [0.2, 0.25) is 0 Å². The molecule has 22 heavy (non-hydrogen) atoms. The zero-order chi connectivity index (χ0) is 15.9. The summed E-state index contributed by atoms with van der Waals surface area (Å²) >= 11 is 7.98. The van der Waals surface area contributed by atoms with E-state index in [1.807, 2.05) is 32.8 Å². The molecular formula is C15H21ClN4OS. The fourth-order valence-electron chi connectivity index (χ4n) is 3.10. The molecule has 2 aromatic heterocycles. The number of hydrogen-bond acceptors (Lipinski definition) is 6. The first-order valence-corrected chi connectivity index (χ1v) is 8.66. The number of thiazole rings is 1. The topological polar surface area (TPSA) is 45.4 Å². The first kappa shape index (κ1) is 15.8. The molecule has 0 saturated carbocycles. The Balaban J connectivity index is 1.83. The fourth-order valence-corrected chi connectivity index (χ4v) is 4.31. The molecule has 0 aliphatic carbocycles. The molecule has 1 fully saturated rings. The number of nitrogens with zero attached hydrogens (tertiary/aromatic N) is 4. The van der Waals surface area contributed by atoms with Crippen LogP contribution in [0, 0.1) is 13.8 Å². The maximum atomic E-state index is 6.32. The zero-order valence-corrected chi connectivity index (χ0v) is 15.0. The van der Waals surface area contributed by atoms with Crippen LogP contribution in [0.1, 0.15) is 40.8 Å². The van der Waals surface area contributed by atoms with Crippen molar-refractivity contribution in [3.63, 3.8) is 0 Å². The summed E-state index contributed by atoms with van der Waals surface area (Å²) in [4.78, 5) is 10.0. The van der Waals surface area contributed by atoms with Gasteiger partial charge in [0.05, 0.1) is 10.6 Å². The van der Waals surface area contributed by atoms with Crippen molar-refractivity contribution in [3.8, 4) is 0 Å². The van der Waals surface area contributed by atoms with Crippen molar-refractivity contribution in [2.45, 2.75) is 39.3 Å². The molecule has 1 saturated heterocycles. The Kier molecular flexibility index (Phi) is 4.43. The van der Waals surface area contributed by atoms with Gasteiger partial charge in [-0.3, -0.25) is 4.90 Å². The quantitative estimate of drug-likeness (QED) is 0.847. The van der Waals surface area contributed by atoms with Gasteiger partial charge in [-0.2, -0.15) is 0 Å². The Labute approximate surface area is 139 Å². The van der Waals surface area contributed by atoms with Crippen molar-refractivity contribution in [3.05, 3.63) is 27.0 Å². The van der Waals surface area contributed by atoms with Gasteiger partial charge in [-0.15, -0.1) is 0 Å². The van der Waals surface area contributed by atoms with Crippen LogP contribution in [0.2, 0.25) is 5.15 Å². The van der Waals surface area contributed by atoms with Crippen LogP contribution in [0.25, 0.3) is 0 Å². The molecule has 7 heteroatoms. The second-order valence-corrected chi connectivity index (χ2v) is 7.39. The van der Waals surface area contributed by atoms with Crippen molar-refractivity contribution in [2.24, 2.45) is 0 Å². The Bertz CT molecular complexity index is 647. The van der Waals surface area contributed by atoms with E-state index in [4.69, 9.17) is 16.1 Å². The van der Waals surface area contributed by atoms with Crippen LogP contribution in [-0.4, -0.2) is 35.7 Å². The lowest BCUT2D eigenvalue weighted by molar-refractivity contribution is 0.247. The summed E-state index contributed by atoms with van der Waals surface area (Å²) in [7, 11) is 3.98. The molecule has 1 atom stereocenters. The van der Waals surface area contributed by atoms with Gasteiger partial charge >= 0.3 is 0 Å². The monoisotopic (exact) mass is 340 g/mol. The van der Waals surface area contributed by atoms with Gasteiger partial charge in [-0.05, 0) is 33.2 Å². The maximum Gasteiger partial charge on any atom is 0.186 e. The number of anilines is 1. The van der Waals surface area contributed by atoms with Crippen molar-refractivity contribution in [1.29, 1.82) is 0 Å². The first-order valence-electron chi connectivity index (χ1n) is 7.46. The highest BCUT2D eigenvalue weighted by molar-refractivity contribution is 7.16. The van der Waals surface area contributed by atoms with Crippen molar-refractivity contribution in [2.75, 3.05) is 25.5 Å². The molecule has 0 unspecified atom stereocenters. The van der Waals surface area contributed by atoms with Crippen LogP contribution in [-0.2, 0) is 6.54 Å². The van der Waals surface area contributed by atoms with Crippen LogP contribution in [0.15, 0.2) is 4.52 Å². The summed E-state index contributed by atoms with van der Waals surface area (Å²) in [6, 6.07) is 0.368. The molecule has 1 aliphatic heterocycles. The zero-order valence-electron chi connectivity index (χ0n) is 13.4. The van der Waals surface area contributed by atoms with Gasteiger partial charge in [-0.25, -0.2) is 4.98 Å². The van der Waals surface area contributed by atoms with Gasteiger partial charge in [0.1, 0.15) is 10.9 Å². The highest BCUT2D eigenvalue weighted by atomic mass is 35.5. The largest absolute Gasteiger partial charge is 0.361 e. The van der Waals surface area contributed by atoms with Crippen molar-refractivity contribution in [1.82, 2.24) is 15.0 Å². The maximum absolute atomic E-state index is 6.32. The van der Waals surface area contributed by atoms with Crippen LogP contribution < -0.4 is 4.90 Å². The predicted octanol–water partition coefficient (Wildman–Crippen LogP) is 3.80. The van der Waals surface area contributed by atoms with E-state index in [9.17, 15) is 0 Å². The lowest BCUT2D eigenvalue weighted by Gasteiger charge is -2.23. The van der Waals surface area contributed by atoms with E-state index in [2.05, 4.69) is 15.0 Å². The van der Waals surface area contributed by atoms with E-state index in [-0.39, 0.29) is 0 Å². The van der Waals surface area contributed by atoms with Gasteiger partial charge in [-0.1, -0.05) is 28.1 Å². The normalized spacial score (nSPS) is 19.0. The Morgan fingerprint density at radius 1 is 1.41 bits per heavy atom. The first-order chi connectivity index (χ1) is 10.5. The summed E-state index contributed by atoms with van der Waals surface area (Å²) in [5.41, 5.74) is 2.24. The number of aromatic nitrogens is 2. The second-order valence-electron chi connectivity index (χ2n) is 5.97. The average Bonchev–Trinajstić information content (AvgIpc) is 3.13. The predicted molar refractivity (Wildman–Crippen MR) is 89.8 cm³/mol. The lowest BCUT2D eigenvalue weighted by atomic mass is 10.0. The SMILES string of the molecule is Cc1noc(C)c1[C@@H]1CCCN1Cc1sc(N(C)C)nc1Cl. The number of aryl methyl sites for hydroxylation is 2. The minimum Gasteiger partial charge on any atom is -0.361 e. The third-order valence-electron chi connectivity index (χ3n) is 4.15. The molecule has 0 bridgehead atoms. The Hall–Kier alpha value is -1.11. The van der Waals surface area contributed by atoms with Crippen molar-refractivity contribution >= 4 is 28.1 Å². The molecule has 120 valence electrons. The molecule has 0 radical (unpaired) electrons. The molecule has 3 rings (SSSR count). The summed E-state index contributed by atoms with van der Waals surface area (Å²) in [6.45, 7) is 5.92. The molecule has 5 nitrogen and oxygen atoms in total. The summed E-state index contributed by atoms with van der Waals surface area (Å²) in [5, 5.41) is 5.68. The number of rotatable bonds is 4. The van der Waals surface area contributed by atoms with Gasteiger partial charge < -0.3 is 9.42 Å². The van der Waals surface area contributed by atoms with Crippen LogP contribution in [0.5, 0.6) is 0 Å². The molecule has 0 amide bonds. The molecule has 0 spiro atoms. The molecular weight excluding hydrogens is 320 g/mol. The molecule has 0 aromatic carbocycles. The average molecular weight is 341 g/mol. The molecule has 3 heterocycles. The molecule has 1 aliphatic rings. The molecule has 0 N–H and O–H groups in total. The Morgan fingerprint density at radius 2 is 2.18 bits per heavy atom. The van der Waals surface area contributed by atoms with Crippen molar-refractivity contribution < 1.29 is 4.52 Å². The van der Waals surface area contributed by atoms with Gasteiger partial charge in [0.25, 0.3) is 0 Å². The summed E-state index contributed by atoms with van der Waals surface area (Å²) < 4.78 is 5.35.